The molecule has 0 saturated carbocycles. The summed E-state index contributed by atoms with van der Waals surface area (Å²) in [5.74, 6) is -0.139. The fourth-order valence-electron chi connectivity index (χ4n) is 3.24. The second-order valence-electron chi connectivity index (χ2n) is 5.65. The van der Waals surface area contributed by atoms with Crippen molar-refractivity contribution in [3.63, 3.8) is 0 Å². The molecule has 0 saturated heterocycles. The van der Waals surface area contributed by atoms with Crippen LogP contribution in [0.2, 0.25) is 0 Å². The highest BCUT2D eigenvalue weighted by molar-refractivity contribution is 7.17. The van der Waals surface area contributed by atoms with Gasteiger partial charge >= 0.3 is 0 Å². The molecule has 0 bridgehead atoms. The largest absolute Gasteiger partial charge is 0.270 e. The Hall–Kier alpha value is -1.94. The molecule has 2 heterocycles. The highest BCUT2D eigenvalue weighted by atomic mass is 32.1. The summed E-state index contributed by atoms with van der Waals surface area (Å²) in [5, 5.41) is 3.23. The molecule has 1 aromatic carbocycles. The molecule has 2 amide bonds. The van der Waals surface area contributed by atoms with E-state index < -0.39 is 0 Å². The van der Waals surface area contributed by atoms with Gasteiger partial charge in [-0.1, -0.05) is 6.07 Å². The van der Waals surface area contributed by atoms with Gasteiger partial charge in [-0.25, -0.2) is 0 Å². The molecular formula is C17H15NO2S. The predicted molar refractivity (Wildman–Crippen MR) is 82.9 cm³/mol. The SMILES string of the molecule is O=C1C2=C(CCCC2)C(=O)N1Cc1ccc2sccc2c1. The van der Waals surface area contributed by atoms with E-state index in [0.717, 1.165) is 42.4 Å². The maximum absolute atomic E-state index is 12.4. The lowest BCUT2D eigenvalue weighted by atomic mass is 9.93. The summed E-state index contributed by atoms with van der Waals surface area (Å²) >= 11 is 1.70. The zero-order chi connectivity index (χ0) is 14.4. The Labute approximate surface area is 126 Å². The second-order valence-corrected chi connectivity index (χ2v) is 6.60. The zero-order valence-corrected chi connectivity index (χ0v) is 12.4. The van der Waals surface area contributed by atoms with Crippen LogP contribution in [0.25, 0.3) is 10.1 Å². The van der Waals surface area contributed by atoms with Gasteiger partial charge in [-0.2, -0.15) is 0 Å². The highest BCUT2D eigenvalue weighted by Crippen LogP contribution is 2.34. The molecule has 2 aliphatic rings. The molecule has 3 nitrogen and oxygen atoms in total. The van der Waals surface area contributed by atoms with Crippen LogP contribution in [0.15, 0.2) is 40.8 Å². The average Bonchev–Trinajstić information content (AvgIpc) is 3.06. The molecule has 0 unspecified atom stereocenters. The number of rotatable bonds is 2. The van der Waals surface area contributed by atoms with Gasteiger partial charge in [0, 0.05) is 15.8 Å². The molecule has 21 heavy (non-hydrogen) atoms. The van der Waals surface area contributed by atoms with E-state index in [9.17, 15) is 9.59 Å². The number of carbonyl (C=O) groups excluding carboxylic acids is 2. The van der Waals surface area contributed by atoms with Gasteiger partial charge < -0.3 is 0 Å². The number of carbonyl (C=O) groups is 2. The van der Waals surface area contributed by atoms with Crippen molar-refractivity contribution in [3.8, 4) is 0 Å². The lowest BCUT2D eigenvalue weighted by molar-refractivity contribution is -0.138. The van der Waals surface area contributed by atoms with Crippen molar-refractivity contribution >= 4 is 33.2 Å². The first-order chi connectivity index (χ1) is 10.2. The fourth-order valence-corrected chi connectivity index (χ4v) is 4.01. The minimum atomic E-state index is -0.0693. The van der Waals surface area contributed by atoms with Crippen LogP contribution in [0.1, 0.15) is 31.2 Å². The molecule has 0 radical (unpaired) electrons. The zero-order valence-electron chi connectivity index (χ0n) is 11.6. The maximum atomic E-state index is 12.4. The number of thiophene rings is 1. The Kier molecular flexibility index (Phi) is 2.93. The quantitative estimate of drug-likeness (QED) is 0.794. The first-order valence-electron chi connectivity index (χ1n) is 7.28. The predicted octanol–water partition coefficient (Wildman–Crippen LogP) is 3.64. The third-order valence-corrected chi connectivity index (χ3v) is 5.23. The average molecular weight is 297 g/mol. The van der Waals surface area contributed by atoms with Crippen LogP contribution < -0.4 is 0 Å². The first-order valence-corrected chi connectivity index (χ1v) is 8.16. The van der Waals surface area contributed by atoms with Crippen LogP contribution in [-0.2, 0) is 16.1 Å². The molecule has 0 N–H and O–H groups in total. The Bertz CT molecular complexity index is 759. The molecular weight excluding hydrogens is 282 g/mol. The lowest BCUT2D eigenvalue weighted by Gasteiger charge is -2.15. The molecule has 0 fully saturated rings. The van der Waals surface area contributed by atoms with Crippen molar-refractivity contribution in [3.05, 3.63) is 46.4 Å². The van der Waals surface area contributed by atoms with Gasteiger partial charge in [0.25, 0.3) is 11.8 Å². The smallest absolute Gasteiger partial charge is 0.257 e. The molecule has 2 aromatic rings. The molecule has 1 aliphatic heterocycles. The number of benzene rings is 1. The summed E-state index contributed by atoms with van der Waals surface area (Å²) in [5.41, 5.74) is 2.55. The Balaban J connectivity index is 1.63. The third kappa shape index (κ3) is 2.02. The van der Waals surface area contributed by atoms with Crippen molar-refractivity contribution < 1.29 is 9.59 Å². The van der Waals surface area contributed by atoms with Gasteiger partial charge in [-0.3, -0.25) is 14.5 Å². The fraction of sp³-hybridized carbons (Fsp3) is 0.294. The van der Waals surface area contributed by atoms with Crippen LogP contribution in [-0.4, -0.2) is 16.7 Å². The minimum Gasteiger partial charge on any atom is -0.270 e. The number of nitrogens with zero attached hydrogens (tertiary/aromatic N) is 1. The van der Waals surface area contributed by atoms with E-state index in [1.54, 1.807) is 11.3 Å². The van der Waals surface area contributed by atoms with Gasteiger partial charge in [0.05, 0.1) is 6.54 Å². The summed E-state index contributed by atoms with van der Waals surface area (Å²) in [4.78, 5) is 26.3. The monoisotopic (exact) mass is 297 g/mol. The van der Waals surface area contributed by atoms with Gasteiger partial charge in [0.1, 0.15) is 0 Å². The second kappa shape index (κ2) is 4.81. The van der Waals surface area contributed by atoms with E-state index in [4.69, 9.17) is 0 Å². The lowest BCUT2D eigenvalue weighted by Crippen LogP contribution is -2.31. The first kappa shape index (κ1) is 12.8. The summed E-state index contributed by atoms with van der Waals surface area (Å²) in [6.45, 7) is 0.385. The van der Waals surface area contributed by atoms with E-state index in [1.165, 1.54) is 15.0 Å². The normalized spacial score (nSPS) is 18.8. The van der Waals surface area contributed by atoms with Crippen LogP contribution in [0.4, 0.5) is 0 Å². The highest BCUT2D eigenvalue weighted by Gasteiger charge is 2.38. The molecule has 0 spiro atoms. The van der Waals surface area contributed by atoms with Crippen molar-refractivity contribution in [1.29, 1.82) is 0 Å². The van der Waals surface area contributed by atoms with Gasteiger partial charge in [0.2, 0.25) is 0 Å². The molecule has 1 aromatic heterocycles. The van der Waals surface area contributed by atoms with E-state index >= 15 is 0 Å². The van der Waals surface area contributed by atoms with Gasteiger partial charge in [-0.05, 0) is 60.2 Å². The van der Waals surface area contributed by atoms with Crippen molar-refractivity contribution in [2.75, 3.05) is 0 Å². The van der Waals surface area contributed by atoms with Crippen LogP contribution in [0, 0.1) is 0 Å². The Morgan fingerprint density at radius 2 is 1.71 bits per heavy atom. The van der Waals surface area contributed by atoms with E-state index in [2.05, 4.69) is 23.6 Å². The van der Waals surface area contributed by atoms with E-state index in [0.29, 0.717) is 6.54 Å². The molecule has 1 aliphatic carbocycles. The number of fused-ring (bicyclic) bond motifs is 1. The van der Waals surface area contributed by atoms with E-state index in [-0.39, 0.29) is 11.8 Å². The standard InChI is InChI=1S/C17H15NO2S/c19-16-13-3-1-2-4-14(13)17(20)18(16)10-11-5-6-15-12(9-11)7-8-21-15/h5-9H,1-4,10H2. The maximum Gasteiger partial charge on any atom is 0.257 e. The van der Waals surface area contributed by atoms with Crippen LogP contribution >= 0.6 is 11.3 Å². The topological polar surface area (TPSA) is 37.4 Å². The van der Waals surface area contributed by atoms with Crippen molar-refractivity contribution in [2.24, 2.45) is 0 Å². The van der Waals surface area contributed by atoms with E-state index in [1.807, 2.05) is 6.07 Å². The van der Waals surface area contributed by atoms with Gasteiger partial charge in [0.15, 0.2) is 0 Å². The van der Waals surface area contributed by atoms with Crippen LogP contribution in [0.5, 0.6) is 0 Å². The van der Waals surface area contributed by atoms with Gasteiger partial charge in [-0.15, -0.1) is 11.3 Å². The molecule has 0 atom stereocenters. The summed E-state index contributed by atoms with van der Waals surface area (Å²) < 4.78 is 1.23. The molecule has 4 rings (SSSR count). The minimum absolute atomic E-state index is 0.0693. The van der Waals surface area contributed by atoms with Crippen molar-refractivity contribution in [2.45, 2.75) is 32.2 Å². The number of hydrogen-bond donors (Lipinski definition) is 0. The Morgan fingerprint density at radius 1 is 1.00 bits per heavy atom. The number of hydrogen-bond acceptors (Lipinski definition) is 3. The van der Waals surface area contributed by atoms with Crippen molar-refractivity contribution in [1.82, 2.24) is 4.90 Å². The number of imide groups is 1. The number of amides is 2. The Morgan fingerprint density at radius 3 is 2.43 bits per heavy atom. The summed E-state index contributed by atoms with van der Waals surface area (Å²) in [7, 11) is 0. The summed E-state index contributed by atoms with van der Waals surface area (Å²) in [6.07, 6.45) is 3.57. The van der Waals surface area contributed by atoms with Crippen LogP contribution in [0.3, 0.4) is 0 Å². The summed E-state index contributed by atoms with van der Waals surface area (Å²) in [6, 6.07) is 8.22. The molecule has 106 valence electrons. The molecule has 4 heteroatoms. The third-order valence-electron chi connectivity index (χ3n) is 4.33.